The van der Waals surface area contributed by atoms with Gasteiger partial charge in [-0.15, -0.1) is 0 Å². The zero-order valence-corrected chi connectivity index (χ0v) is 18.4. The van der Waals surface area contributed by atoms with Gasteiger partial charge in [-0.2, -0.15) is 0 Å². The van der Waals surface area contributed by atoms with Crippen LogP contribution in [0.4, 0.5) is 4.79 Å². The molecular weight excluding hydrogens is 384 g/mol. The molecule has 0 aromatic carbocycles. The number of carbonyl (C=O) groups excluding carboxylic acids is 3. The van der Waals surface area contributed by atoms with Crippen LogP contribution >= 0.6 is 0 Å². The maximum absolute atomic E-state index is 11.8. The lowest BCUT2D eigenvalue weighted by Gasteiger charge is -2.26. The van der Waals surface area contributed by atoms with Gasteiger partial charge in [-0.3, -0.25) is 14.5 Å². The summed E-state index contributed by atoms with van der Waals surface area (Å²) < 4.78 is 14.6. The average molecular weight is 423 g/mol. The summed E-state index contributed by atoms with van der Waals surface area (Å²) in [5.74, 6) is -0.730. The zero-order chi connectivity index (χ0) is 22.7. The maximum atomic E-state index is 11.8. The zero-order valence-electron chi connectivity index (χ0n) is 18.4. The first-order chi connectivity index (χ1) is 13.6. The van der Waals surface area contributed by atoms with E-state index in [-0.39, 0.29) is 45.4 Å². The molecule has 0 aliphatic rings. The lowest BCUT2D eigenvalue weighted by atomic mass is 10.2. The molecule has 29 heavy (non-hydrogen) atoms. The van der Waals surface area contributed by atoms with E-state index in [2.05, 4.69) is 10.1 Å². The molecule has 0 heterocycles. The first-order valence-electron chi connectivity index (χ1n) is 9.82. The van der Waals surface area contributed by atoms with Crippen molar-refractivity contribution in [2.45, 2.75) is 53.1 Å². The second kappa shape index (κ2) is 18.1. The number of aliphatic hydroxyl groups excluding tert-OH is 2. The van der Waals surface area contributed by atoms with E-state index < -0.39 is 17.7 Å². The molecule has 0 aliphatic heterocycles. The van der Waals surface area contributed by atoms with E-state index in [0.29, 0.717) is 26.0 Å². The van der Waals surface area contributed by atoms with Crippen LogP contribution in [0.3, 0.4) is 0 Å². The predicted molar refractivity (Wildman–Crippen MR) is 107 cm³/mol. The van der Waals surface area contributed by atoms with Crippen molar-refractivity contribution < 1.29 is 38.8 Å². The smallest absolute Gasteiger partial charge is 0.410 e. The van der Waals surface area contributed by atoms with Gasteiger partial charge in [0.2, 0.25) is 0 Å². The molecular formula is C19H38N2O8. The van der Waals surface area contributed by atoms with Gasteiger partial charge in [0, 0.05) is 19.8 Å². The van der Waals surface area contributed by atoms with Crippen LogP contribution < -0.4 is 5.32 Å². The second-order valence-corrected chi connectivity index (χ2v) is 6.84. The third-order valence-electron chi connectivity index (χ3n) is 2.95. The number of nitrogens with zero attached hydrogens (tertiary/aromatic N) is 1. The van der Waals surface area contributed by atoms with Gasteiger partial charge in [0.05, 0.1) is 19.8 Å². The minimum Gasteiger partial charge on any atom is -0.465 e. The Morgan fingerprint density at radius 2 is 1.48 bits per heavy atom. The van der Waals surface area contributed by atoms with Crippen molar-refractivity contribution in [1.82, 2.24) is 10.2 Å². The van der Waals surface area contributed by atoms with Crippen molar-refractivity contribution in [3.63, 3.8) is 0 Å². The van der Waals surface area contributed by atoms with Crippen LogP contribution in [0.25, 0.3) is 0 Å². The van der Waals surface area contributed by atoms with E-state index in [1.54, 1.807) is 34.6 Å². The SMILES string of the molecule is CCOC(=O)CN(CCCO)C(=O)OC(C)(C)C.CCOC(=O)CNCCCO. The standard InChI is InChI=1S/C12H23NO5.C7H15NO3/c1-5-17-10(15)9-13(7-6-8-14)11(16)18-12(2,3)4;1-2-11-7(10)6-8-4-3-5-9/h14H,5-9H2,1-4H3;8-9H,2-6H2,1H3. The van der Waals surface area contributed by atoms with Crippen molar-refractivity contribution >= 4 is 18.0 Å². The van der Waals surface area contributed by atoms with E-state index in [1.807, 2.05) is 0 Å². The highest BCUT2D eigenvalue weighted by atomic mass is 16.6. The quantitative estimate of drug-likeness (QED) is 0.236. The summed E-state index contributed by atoms with van der Waals surface area (Å²) in [5, 5.41) is 20.0. The van der Waals surface area contributed by atoms with E-state index in [4.69, 9.17) is 19.7 Å². The summed E-state index contributed by atoms with van der Waals surface area (Å²) in [5.41, 5.74) is -0.622. The molecule has 0 spiro atoms. The molecule has 10 nitrogen and oxygen atoms in total. The maximum Gasteiger partial charge on any atom is 0.410 e. The minimum atomic E-state index is -0.622. The van der Waals surface area contributed by atoms with Crippen molar-refractivity contribution in [2.75, 3.05) is 52.6 Å². The lowest BCUT2D eigenvalue weighted by Crippen LogP contribution is -2.41. The van der Waals surface area contributed by atoms with E-state index in [1.165, 1.54) is 4.90 Å². The van der Waals surface area contributed by atoms with Crippen molar-refractivity contribution in [3.8, 4) is 0 Å². The van der Waals surface area contributed by atoms with Crippen LogP contribution in [0.5, 0.6) is 0 Å². The monoisotopic (exact) mass is 422 g/mol. The van der Waals surface area contributed by atoms with Gasteiger partial charge >= 0.3 is 18.0 Å². The van der Waals surface area contributed by atoms with Gasteiger partial charge in [0.1, 0.15) is 12.1 Å². The molecule has 1 amide bonds. The van der Waals surface area contributed by atoms with Crippen molar-refractivity contribution in [3.05, 3.63) is 0 Å². The number of hydrogen-bond acceptors (Lipinski definition) is 9. The molecule has 0 radical (unpaired) electrons. The van der Waals surface area contributed by atoms with Crippen molar-refractivity contribution in [1.29, 1.82) is 0 Å². The van der Waals surface area contributed by atoms with E-state index >= 15 is 0 Å². The minimum absolute atomic E-state index is 0.0534. The van der Waals surface area contributed by atoms with Gasteiger partial charge in [0.25, 0.3) is 0 Å². The normalized spacial score (nSPS) is 10.4. The lowest BCUT2D eigenvalue weighted by molar-refractivity contribution is -0.144. The Bertz CT molecular complexity index is 452. The van der Waals surface area contributed by atoms with Gasteiger partial charge in [-0.25, -0.2) is 4.79 Å². The summed E-state index contributed by atoms with van der Waals surface area (Å²) in [6, 6.07) is 0. The summed E-state index contributed by atoms with van der Waals surface area (Å²) in [4.78, 5) is 35.1. The fraction of sp³-hybridized carbons (Fsp3) is 0.842. The van der Waals surface area contributed by atoms with Crippen LogP contribution in [-0.2, 0) is 23.8 Å². The van der Waals surface area contributed by atoms with E-state index in [9.17, 15) is 14.4 Å². The number of rotatable bonds is 12. The topological polar surface area (TPSA) is 135 Å². The van der Waals surface area contributed by atoms with E-state index in [0.717, 1.165) is 0 Å². The predicted octanol–water partition coefficient (Wildman–Crippen LogP) is 0.691. The highest BCUT2D eigenvalue weighted by Crippen LogP contribution is 2.10. The molecule has 0 atom stereocenters. The molecule has 0 fully saturated rings. The highest BCUT2D eigenvalue weighted by molar-refractivity contribution is 5.78. The third-order valence-corrected chi connectivity index (χ3v) is 2.95. The first kappa shape index (κ1) is 29.3. The molecule has 0 bridgehead atoms. The molecule has 172 valence electrons. The fourth-order valence-corrected chi connectivity index (χ4v) is 1.79. The summed E-state index contributed by atoms with van der Waals surface area (Å²) in [7, 11) is 0. The molecule has 0 unspecified atom stereocenters. The number of hydrogen-bond donors (Lipinski definition) is 3. The molecule has 0 saturated carbocycles. The molecule has 0 rings (SSSR count). The second-order valence-electron chi connectivity index (χ2n) is 6.84. The fourth-order valence-electron chi connectivity index (χ4n) is 1.79. The largest absolute Gasteiger partial charge is 0.465 e. The van der Waals surface area contributed by atoms with Crippen molar-refractivity contribution in [2.24, 2.45) is 0 Å². The number of nitrogens with one attached hydrogen (secondary N) is 1. The molecule has 0 saturated heterocycles. The number of ether oxygens (including phenoxy) is 3. The Labute approximate surface area is 173 Å². The average Bonchev–Trinajstić information content (AvgIpc) is 2.62. The number of esters is 2. The number of amides is 1. The third kappa shape index (κ3) is 20.6. The molecule has 3 N–H and O–H groups in total. The van der Waals surface area contributed by atoms with Gasteiger partial charge in [-0.1, -0.05) is 0 Å². The van der Waals surface area contributed by atoms with Gasteiger partial charge < -0.3 is 29.7 Å². The van der Waals surface area contributed by atoms with Crippen LogP contribution in [0, 0.1) is 0 Å². The van der Waals surface area contributed by atoms with Crippen LogP contribution in [0.2, 0.25) is 0 Å². The first-order valence-corrected chi connectivity index (χ1v) is 9.82. The summed E-state index contributed by atoms with van der Waals surface area (Å²) in [6.07, 6.45) is 0.474. The molecule has 0 aromatic rings. The Morgan fingerprint density at radius 3 is 1.97 bits per heavy atom. The van der Waals surface area contributed by atoms with Gasteiger partial charge in [0.15, 0.2) is 0 Å². The summed E-state index contributed by atoms with van der Waals surface area (Å²) >= 11 is 0. The molecule has 10 heteroatoms. The Hall–Kier alpha value is -1.91. The Balaban J connectivity index is 0. The Morgan fingerprint density at radius 1 is 0.931 bits per heavy atom. The number of aliphatic hydroxyl groups is 2. The van der Waals surface area contributed by atoms with Crippen LogP contribution in [-0.4, -0.2) is 91.4 Å². The van der Waals surface area contributed by atoms with Gasteiger partial charge in [-0.05, 0) is 54.0 Å². The summed E-state index contributed by atoms with van der Waals surface area (Å²) in [6.45, 7) is 10.5. The highest BCUT2D eigenvalue weighted by Gasteiger charge is 2.23. The number of carbonyl (C=O) groups is 3. The van der Waals surface area contributed by atoms with Crippen LogP contribution in [0.1, 0.15) is 47.5 Å². The Kier molecular flexibility index (Phi) is 18.3. The molecule has 0 aliphatic carbocycles. The molecule has 0 aromatic heterocycles. The van der Waals surface area contributed by atoms with Crippen LogP contribution in [0.15, 0.2) is 0 Å².